The third-order valence-corrected chi connectivity index (χ3v) is 9.52. The summed E-state index contributed by atoms with van der Waals surface area (Å²) in [6.07, 6.45) is -1.88. The Morgan fingerprint density at radius 2 is 0.982 bits per heavy atom. The van der Waals surface area contributed by atoms with Gasteiger partial charge in [-0.25, -0.2) is 0 Å². The zero-order chi connectivity index (χ0) is 39.3. The lowest BCUT2D eigenvalue weighted by Gasteiger charge is -2.34. The summed E-state index contributed by atoms with van der Waals surface area (Å²) < 4.78 is 51.5. The van der Waals surface area contributed by atoms with Crippen LogP contribution in [0.5, 0.6) is 0 Å². The second kappa shape index (κ2) is 23.5. The third-order valence-electron chi connectivity index (χ3n) is 9.52. The normalized spacial score (nSPS) is 19.7. The second-order valence-electron chi connectivity index (χ2n) is 13.9. The summed E-state index contributed by atoms with van der Waals surface area (Å²) >= 11 is 0. The quantitative estimate of drug-likeness (QED) is 0.0623. The fraction of sp³-hybridized carbons (Fsp3) is 0.333. The molecule has 1 N–H and O–H groups in total. The Hall–Kier alpha value is -4.68. The van der Waals surface area contributed by atoms with Crippen molar-refractivity contribution in [1.82, 2.24) is 0 Å². The van der Waals surface area contributed by atoms with Crippen LogP contribution in [0.25, 0.3) is 0 Å². The molecule has 9 heteroatoms. The molecule has 0 aliphatic carbocycles. The van der Waals surface area contributed by atoms with Gasteiger partial charge in [-0.05, 0) is 34.7 Å². The Kier molecular flexibility index (Phi) is 17.3. The molecule has 0 radical (unpaired) electrons. The van der Waals surface area contributed by atoms with Crippen molar-refractivity contribution in [3.05, 3.63) is 192 Å². The number of aliphatic hydroxyl groups excluding tert-OH is 1. The van der Waals surface area contributed by atoms with Crippen molar-refractivity contribution in [2.24, 2.45) is 0 Å². The van der Waals surface area contributed by atoms with Crippen LogP contribution in [0.2, 0.25) is 0 Å². The number of hydrogen-bond acceptors (Lipinski definition) is 9. The van der Waals surface area contributed by atoms with Crippen LogP contribution in [-0.4, -0.2) is 67.8 Å². The first-order valence-corrected chi connectivity index (χ1v) is 19.6. The van der Waals surface area contributed by atoms with Crippen molar-refractivity contribution < 1.29 is 43.0 Å². The Bertz CT molecular complexity index is 1810. The van der Waals surface area contributed by atoms with Crippen LogP contribution >= 0.6 is 0 Å². The molecule has 0 aromatic heterocycles. The summed E-state index contributed by atoms with van der Waals surface area (Å²) in [5.41, 5.74) is 4.99. The highest BCUT2D eigenvalue weighted by Gasteiger charge is 2.46. The second-order valence-corrected chi connectivity index (χ2v) is 13.9. The van der Waals surface area contributed by atoms with E-state index in [0.717, 1.165) is 27.8 Å². The molecule has 1 fully saturated rings. The van der Waals surface area contributed by atoms with E-state index in [1.165, 1.54) is 0 Å². The molecule has 57 heavy (non-hydrogen) atoms. The first kappa shape index (κ1) is 41.9. The Morgan fingerprint density at radius 1 is 0.544 bits per heavy atom. The monoisotopic (exact) mass is 774 g/mol. The molecule has 1 aliphatic heterocycles. The van der Waals surface area contributed by atoms with Gasteiger partial charge in [-0.15, -0.1) is 0 Å². The predicted molar refractivity (Wildman–Crippen MR) is 218 cm³/mol. The summed E-state index contributed by atoms with van der Waals surface area (Å²) in [5, 5.41) is 11.6. The largest absolute Gasteiger partial charge is 0.499 e. The van der Waals surface area contributed by atoms with Gasteiger partial charge in [0.15, 0.2) is 6.29 Å². The van der Waals surface area contributed by atoms with E-state index in [0.29, 0.717) is 26.4 Å². The van der Waals surface area contributed by atoms with E-state index in [4.69, 9.17) is 37.9 Å². The molecule has 0 unspecified atom stereocenters. The molecule has 300 valence electrons. The Balaban J connectivity index is 1.24. The highest BCUT2D eigenvalue weighted by atomic mass is 16.7. The smallest absolute Gasteiger partial charge is 0.187 e. The molecule has 0 saturated carbocycles. The minimum absolute atomic E-state index is 0.0290. The minimum atomic E-state index is -1.01. The van der Waals surface area contributed by atoms with Crippen LogP contribution in [-0.2, 0) is 70.9 Å². The van der Waals surface area contributed by atoms with Crippen molar-refractivity contribution in [2.75, 3.05) is 19.8 Å². The number of rotatable bonds is 24. The van der Waals surface area contributed by atoms with E-state index in [9.17, 15) is 5.11 Å². The van der Waals surface area contributed by atoms with E-state index in [1.54, 1.807) is 6.26 Å². The standard InChI is InChI=1S/C48H54O9/c1-2-28-50-35-43(52-30-38-20-10-4-11-21-38)46(54-32-40-24-14-6-15-25-40)44(53-31-39-22-12-5-13-23-39)36-56-48-47(55-33-41-26-16-7-17-27-41)45(49)42(57-48)34-51-29-37-18-8-3-9-19-37/h2-28,42-49H,29-36H2,1H3/t42-,43-,44+,45-,46-,47-,48-/m1/s1. The maximum Gasteiger partial charge on any atom is 0.187 e. The maximum absolute atomic E-state index is 11.6. The van der Waals surface area contributed by atoms with E-state index in [-0.39, 0.29) is 26.4 Å². The number of benzene rings is 5. The van der Waals surface area contributed by atoms with Gasteiger partial charge in [-0.1, -0.05) is 158 Å². The lowest BCUT2D eigenvalue weighted by molar-refractivity contribution is -0.223. The van der Waals surface area contributed by atoms with E-state index < -0.39 is 42.9 Å². The zero-order valence-electron chi connectivity index (χ0n) is 32.5. The van der Waals surface area contributed by atoms with Crippen LogP contribution in [0.1, 0.15) is 34.7 Å². The van der Waals surface area contributed by atoms with Gasteiger partial charge in [0.1, 0.15) is 43.2 Å². The van der Waals surface area contributed by atoms with Crippen LogP contribution in [0.4, 0.5) is 0 Å². The van der Waals surface area contributed by atoms with Gasteiger partial charge in [0.2, 0.25) is 0 Å². The van der Waals surface area contributed by atoms with E-state index in [1.807, 2.05) is 165 Å². The molecule has 5 aromatic carbocycles. The first-order chi connectivity index (χ1) is 28.2. The van der Waals surface area contributed by atoms with Gasteiger partial charge in [-0.3, -0.25) is 0 Å². The summed E-state index contributed by atoms with van der Waals surface area (Å²) in [6, 6.07) is 49.6. The lowest BCUT2D eigenvalue weighted by Crippen LogP contribution is -2.48. The van der Waals surface area contributed by atoms with Gasteiger partial charge in [0.25, 0.3) is 0 Å². The highest BCUT2D eigenvalue weighted by molar-refractivity contribution is 5.17. The fourth-order valence-corrected chi connectivity index (χ4v) is 6.47. The molecule has 0 bridgehead atoms. The van der Waals surface area contributed by atoms with Crippen molar-refractivity contribution in [3.63, 3.8) is 0 Å². The van der Waals surface area contributed by atoms with Crippen LogP contribution < -0.4 is 0 Å². The summed E-state index contributed by atoms with van der Waals surface area (Å²) in [7, 11) is 0. The van der Waals surface area contributed by atoms with Gasteiger partial charge in [0, 0.05) is 0 Å². The van der Waals surface area contributed by atoms with Gasteiger partial charge >= 0.3 is 0 Å². The number of allylic oxidation sites excluding steroid dienone is 1. The minimum Gasteiger partial charge on any atom is -0.499 e. The maximum atomic E-state index is 11.6. The highest BCUT2D eigenvalue weighted by Crippen LogP contribution is 2.28. The zero-order valence-corrected chi connectivity index (χ0v) is 32.5. The summed E-state index contributed by atoms with van der Waals surface area (Å²) in [6.45, 7) is 3.84. The molecule has 0 spiro atoms. The van der Waals surface area contributed by atoms with Gasteiger partial charge in [0.05, 0.1) is 52.5 Å². The van der Waals surface area contributed by atoms with Gasteiger partial charge < -0.3 is 43.0 Å². The van der Waals surface area contributed by atoms with Crippen molar-refractivity contribution in [1.29, 1.82) is 0 Å². The van der Waals surface area contributed by atoms with Gasteiger partial charge in [-0.2, -0.15) is 0 Å². The van der Waals surface area contributed by atoms with Crippen LogP contribution in [0.15, 0.2) is 164 Å². The summed E-state index contributed by atoms with van der Waals surface area (Å²) in [4.78, 5) is 0. The average molecular weight is 775 g/mol. The molecule has 9 nitrogen and oxygen atoms in total. The molecule has 7 atom stereocenters. The topological polar surface area (TPSA) is 94.1 Å². The van der Waals surface area contributed by atoms with Crippen LogP contribution in [0, 0.1) is 0 Å². The molecule has 6 rings (SSSR count). The van der Waals surface area contributed by atoms with Crippen molar-refractivity contribution >= 4 is 0 Å². The molecular formula is C48H54O9. The van der Waals surface area contributed by atoms with Crippen molar-refractivity contribution in [3.8, 4) is 0 Å². The Morgan fingerprint density at radius 3 is 1.47 bits per heavy atom. The molecule has 1 aliphatic rings. The first-order valence-electron chi connectivity index (χ1n) is 19.6. The lowest BCUT2D eigenvalue weighted by atomic mass is 10.1. The van der Waals surface area contributed by atoms with Crippen molar-refractivity contribution in [2.45, 2.75) is 82.9 Å². The number of ether oxygens (including phenoxy) is 8. The molecule has 1 heterocycles. The van der Waals surface area contributed by atoms with E-state index >= 15 is 0 Å². The SMILES string of the molecule is CC=COC[C@@H](OCc1ccccc1)[C@@H](OCc1ccccc1)[C@H](CO[C@@H]1O[C@H](COCc2ccccc2)[C@@H](O)[C@H]1OCc1ccccc1)OCc1ccccc1. The average Bonchev–Trinajstić information content (AvgIpc) is 3.56. The van der Waals surface area contributed by atoms with Crippen LogP contribution in [0.3, 0.4) is 0 Å². The Labute approximate surface area is 336 Å². The number of aliphatic hydroxyl groups is 1. The molecular weight excluding hydrogens is 721 g/mol. The number of hydrogen-bond donors (Lipinski definition) is 1. The van der Waals surface area contributed by atoms with E-state index in [2.05, 4.69) is 0 Å². The molecule has 0 amide bonds. The predicted octanol–water partition coefficient (Wildman–Crippen LogP) is 8.20. The molecule has 5 aromatic rings. The summed E-state index contributed by atoms with van der Waals surface area (Å²) in [5.74, 6) is 0. The third kappa shape index (κ3) is 13.7. The molecule has 1 saturated heterocycles. The fourth-order valence-electron chi connectivity index (χ4n) is 6.47.